The van der Waals surface area contributed by atoms with Gasteiger partial charge in [-0.1, -0.05) is 11.6 Å². The van der Waals surface area contributed by atoms with Crippen molar-refractivity contribution in [3.63, 3.8) is 0 Å². The number of thiophene rings is 1. The first kappa shape index (κ1) is 32.4. The summed E-state index contributed by atoms with van der Waals surface area (Å²) in [6.45, 7) is 2.46. The maximum absolute atomic E-state index is 14.0. The van der Waals surface area contributed by atoms with Gasteiger partial charge in [-0.15, -0.1) is 35.1 Å². The smallest absolute Gasteiger partial charge is 0.235 e. The minimum absolute atomic E-state index is 0. The Balaban J connectivity index is 0.00000441. The minimum atomic E-state index is -3.71. The lowest BCUT2D eigenvalue weighted by atomic mass is 9.99. The molecule has 0 radical (unpaired) electrons. The first-order chi connectivity index (χ1) is 18.4. The van der Waals surface area contributed by atoms with E-state index in [9.17, 15) is 18.0 Å². The summed E-state index contributed by atoms with van der Waals surface area (Å²) < 4.78 is 31.4. The number of sulfonamides is 1. The third kappa shape index (κ3) is 7.40. The summed E-state index contributed by atoms with van der Waals surface area (Å²) in [4.78, 5) is 39.3. The van der Waals surface area contributed by atoms with Gasteiger partial charge in [0.15, 0.2) is 5.78 Å². The van der Waals surface area contributed by atoms with Gasteiger partial charge in [0.05, 0.1) is 35.3 Å². The number of aryl methyl sites for hydroxylation is 2. The molecule has 1 fully saturated rings. The van der Waals surface area contributed by atoms with Crippen molar-refractivity contribution in [2.45, 2.75) is 44.6 Å². The normalized spacial score (nSPS) is 14.1. The van der Waals surface area contributed by atoms with Crippen molar-refractivity contribution >= 4 is 68.4 Å². The van der Waals surface area contributed by atoms with E-state index in [0.717, 1.165) is 26.4 Å². The number of aromatic nitrogens is 2. The number of halogens is 2. The highest BCUT2D eigenvalue weighted by molar-refractivity contribution is 7.89. The molecule has 14 heteroatoms. The second-order valence-electron chi connectivity index (χ2n) is 9.68. The van der Waals surface area contributed by atoms with Crippen LogP contribution in [0.3, 0.4) is 0 Å². The summed E-state index contributed by atoms with van der Waals surface area (Å²) in [5, 5.41) is 0.587. The lowest BCUT2D eigenvalue weighted by Gasteiger charge is -2.26. The van der Waals surface area contributed by atoms with E-state index in [1.165, 1.54) is 36.8 Å². The van der Waals surface area contributed by atoms with E-state index >= 15 is 0 Å². The van der Waals surface area contributed by atoms with E-state index in [4.69, 9.17) is 16.3 Å². The Bertz CT molecular complexity index is 1450. The zero-order valence-corrected chi connectivity index (χ0v) is 26.7. The monoisotopic (exact) mass is 646 g/mol. The molecule has 3 heterocycles. The van der Waals surface area contributed by atoms with Crippen molar-refractivity contribution in [2.75, 3.05) is 33.5 Å². The zero-order valence-electron chi connectivity index (χ0n) is 22.7. The van der Waals surface area contributed by atoms with Crippen LogP contribution in [0.5, 0.6) is 5.75 Å². The lowest BCUT2D eigenvalue weighted by molar-refractivity contribution is -0.134. The van der Waals surface area contributed by atoms with Crippen LogP contribution < -0.4 is 4.74 Å². The number of nitrogens with zero attached hydrogens (tertiary/aromatic N) is 4. The number of hydrogen-bond donors (Lipinski definition) is 0. The van der Waals surface area contributed by atoms with Crippen LogP contribution in [0.1, 0.15) is 50.2 Å². The molecule has 1 amide bonds. The predicted molar refractivity (Wildman–Crippen MR) is 161 cm³/mol. The molecule has 0 unspecified atom stereocenters. The Hall–Kier alpha value is -2.09. The number of pyridine rings is 1. The van der Waals surface area contributed by atoms with E-state index in [1.54, 1.807) is 25.1 Å². The molecule has 1 aliphatic rings. The summed E-state index contributed by atoms with van der Waals surface area (Å²) in [5.41, 5.74) is 0.158. The van der Waals surface area contributed by atoms with Crippen molar-refractivity contribution in [1.82, 2.24) is 19.2 Å². The molecule has 0 aliphatic heterocycles. The van der Waals surface area contributed by atoms with Crippen LogP contribution in [0.25, 0.3) is 0 Å². The molecule has 0 N–H and O–H groups in total. The molecule has 3 aromatic rings. The molecule has 0 atom stereocenters. The molecule has 0 aromatic carbocycles. The highest BCUT2D eigenvalue weighted by Crippen LogP contribution is 2.49. The minimum Gasteiger partial charge on any atom is -0.495 e. The number of amides is 1. The Kier molecular flexibility index (Phi) is 10.7. The summed E-state index contributed by atoms with van der Waals surface area (Å²) in [5.74, 6) is -0.611. The molecular formula is C26H32Cl2N4O5S3. The van der Waals surface area contributed by atoms with E-state index in [2.05, 4.69) is 9.97 Å². The van der Waals surface area contributed by atoms with Gasteiger partial charge in [-0.05, 0) is 56.9 Å². The van der Waals surface area contributed by atoms with Crippen molar-refractivity contribution in [2.24, 2.45) is 0 Å². The molecule has 4 rings (SSSR count). The second-order valence-corrected chi connectivity index (χ2v) is 14.9. The van der Waals surface area contributed by atoms with Gasteiger partial charge >= 0.3 is 0 Å². The average molecular weight is 648 g/mol. The number of rotatable bonds is 13. The van der Waals surface area contributed by atoms with E-state index in [0.29, 0.717) is 40.7 Å². The molecule has 0 spiro atoms. The fraction of sp³-hybridized carbons (Fsp3) is 0.462. The SMILES string of the molecule is COc1ccc(C2(C(=O)N(CCCc3ccc(Cl)s3)Cc3nc(C(=O)CS(=O)(=O)N(C)C)c(C)s3)CC2)nc1.Cl. The standard InChI is InChI=1S/C26H31ClN4O5S3.ClH/c1-17-24(20(32)16-39(34,35)30(2)3)29-23(37-17)15-31(13-5-6-19-8-10-22(27)38-19)25(33)26(11-12-26)21-9-7-18(36-4)14-28-21;/h7-10,14H,5-6,11-13,15-16H2,1-4H3;1H. The fourth-order valence-electron chi connectivity index (χ4n) is 4.28. The maximum Gasteiger partial charge on any atom is 0.235 e. The van der Waals surface area contributed by atoms with Crippen molar-refractivity contribution in [1.29, 1.82) is 0 Å². The quantitative estimate of drug-likeness (QED) is 0.246. The third-order valence-corrected chi connectivity index (χ3v) is 10.7. The second kappa shape index (κ2) is 13.3. The van der Waals surface area contributed by atoms with Crippen LogP contribution in [-0.4, -0.2) is 72.8 Å². The predicted octanol–water partition coefficient (Wildman–Crippen LogP) is 4.76. The molecule has 40 heavy (non-hydrogen) atoms. The van der Waals surface area contributed by atoms with E-state index in [-0.39, 0.29) is 30.6 Å². The van der Waals surface area contributed by atoms with Gasteiger partial charge in [-0.25, -0.2) is 17.7 Å². The molecule has 9 nitrogen and oxygen atoms in total. The topological polar surface area (TPSA) is 110 Å². The summed E-state index contributed by atoms with van der Waals surface area (Å²) in [7, 11) is 0.638. The van der Waals surface area contributed by atoms with E-state index < -0.39 is 27.0 Å². The van der Waals surface area contributed by atoms with Gasteiger partial charge < -0.3 is 9.64 Å². The number of Topliss-reactive ketones (excluding diaryl/α,β-unsaturated/α-hetero) is 1. The molecule has 1 saturated carbocycles. The molecule has 3 aromatic heterocycles. The van der Waals surface area contributed by atoms with Crippen LogP contribution >= 0.6 is 46.7 Å². The van der Waals surface area contributed by atoms with Crippen LogP contribution in [0.2, 0.25) is 4.34 Å². The summed E-state index contributed by atoms with van der Waals surface area (Å²) in [6.07, 6.45) is 4.53. The number of methoxy groups -OCH3 is 1. The van der Waals surface area contributed by atoms with Gasteiger partial charge in [0.2, 0.25) is 15.9 Å². The Morgan fingerprint density at radius 3 is 2.42 bits per heavy atom. The van der Waals surface area contributed by atoms with Gasteiger partial charge in [-0.2, -0.15) is 0 Å². The first-order valence-electron chi connectivity index (χ1n) is 12.4. The molecule has 1 aliphatic carbocycles. The van der Waals surface area contributed by atoms with Crippen LogP contribution in [0.4, 0.5) is 0 Å². The Labute approximate surface area is 254 Å². The largest absolute Gasteiger partial charge is 0.495 e. The molecular weight excluding hydrogens is 615 g/mol. The van der Waals surface area contributed by atoms with Crippen LogP contribution in [0.15, 0.2) is 30.5 Å². The third-order valence-electron chi connectivity index (χ3n) is 6.69. The van der Waals surface area contributed by atoms with Gasteiger partial charge in [0.1, 0.15) is 22.2 Å². The van der Waals surface area contributed by atoms with E-state index in [1.807, 2.05) is 24.3 Å². The highest BCUT2D eigenvalue weighted by atomic mass is 35.5. The Morgan fingerprint density at radius 2 is 1.88 bits per heavy atom. The van der Waals surface area contributed by atoms with Crippen molar-refractivity contribution < 1.29 is 22.7 Å². The molecule has 0 saturated heterocycles. The summed E-state index contributed by atoms with van der Waals surface area (Å²) in [6, 6.07) is 7.51. The lowest BCUT2D eigenvalue weighted by Crippen LogP contribution is -2.40. The first-order valence-corrected chi connectivity index (χ1v) is 16.0. The van der Waals surface area contributed by atoms with Gasteiger partial charge in [-0.3, -0.25) is 14.6 Å². The Morgan fingerprint density at radius 1 is 1.15 bits per heavy atom. The molecule has 0 bridgehead atoms. The van der Waals surface area contributed by atoms with Crippen molar-refractivity contribution in [3.05, 3.63) is 60.9 Å². The van der Waals surface area contributed by atoms with Gasteiger partial charge in [0.25, 0.3) is 0 Å². The van der Waals surface area contributed by atoms with Crippen LogP contribution in [-0.2, 0) is 33.2 Å². The molecule has 218 valence electrons. The van der Waals surface area contributed by atoms with Gasteiger partial charge in [0, 0.05) is 30.4 Å². The number of thiazole rings is 1. The number of hydrogen-bond acceptors (Lipinski definition) is 9. The number of carbonyl (C=O) groups excluding carboxylic acids is 2. The number of carbonyl (C=O) groups is 2. The number of ether oxygens (including phenoxy) is 1. The van der Waals surface area contributed by atoms with Crippen molar-refractivity contribution in [3.8, 4) is 5.75 Å². The number of ketones is 1. The maximum atomic E-state index is 14.0. The zero-order chi connectivity index (χ0) is 28.4. The summed E-state index contributed by atoms with van der Waals surface area (Å²) >= 11 is 8.91. The fourth-order valence-corrected chi connectivity index (χ4v) is 7.10. The highest BCUT2D eigenvalue weighted by Gasteiger charge is 2.54. The van der Waals surface area contributed by atoms with Crippen LogP contribution in [0, 0.1) is 6.92 Å². The average Bonchev–Trinajstić information content (AvgIpc) is 3.47.